The van der Waals surface area contributed by atoms with Crippen LogP contribution in [-0.4, -0.2) is 34.8 Å². The molecule has 1 aromatic heterocycles. The van der Waals surface area contributed by atoms with Crippen molar-refractivity contribution in [3.63, 3.8) is 0 Å². The van der Waals surface area contributed by atoms with Crippen molar-refractivity contribution >= 4 is 33.4 Å². The monoisotopic (exact) mass is 290 g/mol. The Hall–Kier alpha value is -0.610. The molecule has 0 saturated carbocycles. The smallest absolute Gasteiger partial charge is 0.273 e. The Morgan fingerprint density at radius 2 is 2.40 bits per heavy atom. The molecule has 0 aromatic carbocycles. The Morgan fingerprint density at radius 1 is 1.67 bits per heavy atom. The van der Waals surface area contributed by atoms with E-state index < -0.39 is 0 Å². The van der Waals surface area contributed by atoms with Gasteiger partial charge in [0.05, 0.1) is 0 Å². The predicted molar refractivity (Wildman–Crippen MR) is 64.2 cm³/mol. The van der Waals surface area contributed by atoms with Crippen LogP contribution in [0.4, 0.5) is 0 Å². The third-order valence-electron chi connectivity index (χ3n) is 1.98. The van der Waals surface area contributed by atoms with E-state index in [-0.39, 0.29) is 5.91 Å². The minimum atomic E-state index is -0.0920. The molecule has 82 valence electrons. The maximum absolute atomic E-state index is 12.0. The van der Waals surface area contributed by atoms with Crippen molar-refractivity contribution in [1.29, 1.82) is 0 Å². The summed E-state index contributed by atoms with van der Waals surface area (Å²) in [4.78, 5) is 17.7. The van der Waals surface area contributed by atoms with E-state index in [9.17, 15) is 4.79 Å². The molecule has 0 N–H and O–H groups in total. The second-order valence-electron chi connectivity index (χ2n) is 2.91. The molecule has 0 aliphatic heterocycles. The SMILES string of the molecule is CCN(CCCl)C(=O)c1ncccc1Br. The molecule has 0 radical (unpaired) electrons. The fourth-order valence-corrected chi connectivity index (χ4v) is 1.83. The fourth-order valence-electron chi connectivity index (χ4n) is 1.20. The molecule has 1 heterocycles. The van der Waals surface area contributed by atoms with E-state index in [0.29, 0.717) is 29.1 Å². The van der Waals surface area contributed by atoms with Gasteiger partial charge in [0.2, 0.25) is 0 Å². The number of hydrogen-bond acceptors (Lipinski definition) is 2. The van der Waals surface area contributed by atoms with Crippen LogP contribution in [-0.2, 0) is 0 Å². The molecule has 1 amide bonds. The highest BCUT2D eigenvalue weighted by atomic mass is 79.9. The molecule has 0 fully saturated rings. The standard InChI is InChI=1S/C10H12BrClN2O/c1-2-14(7-5-12)10(15)9-8(11)4-3-6-13-9/h3-4,6H,2,5,7H2,1H3. The highest BCUT2D eigenvalue weighted by Gasteiger charge is 2.17. The number of aromatic nitrogens is 1. The van der Waals surface area contributed by atoms with Gasteiger partial charge in [-0.05, 0) is 35.0 Å². The van der Waals surface area contributed by atoms with Gasteiger partial charge in [-0.1, -0.05) is 0 Å². The highest BCUT2D eigenvalue weighted by Crippen LogP contribution is 2.15. The maximum Gasteiger partial charge on any atom is 0.273 e. The van der Waals surface area contributed by atoms with Crippen LogP contribution in [0.5, 0.6) is 0 Å². The minimum Gasteiger partial charge on any atom is -0.336 e. The van der Waals surface area contributed by atoms with Gasteiger partial charge >= 0.3 is 0 Å². The zero-order valence-electron chi connectivity index (χ0n) is 8.41. The summed E-state index contributed by atoms with van der Waals surface area (Å²) in [6.45, 7) is 3.09. The molecule has 0 bridgehead atoms. The summed E-state index contributed by atoms with van der Waals surface area (Å²) in [5.41, 5.74) is 0.435. The lowest BCUT2D eigenvalue weighted by Gasteiger charge is -2.19. The lowest BCUT2D eigenvalue weighted by molar-refractivity contribution is 0.0767. The molecule has 0 aliphatic carbocycles. The number of pyridine rings is 1. The molecule has 1 aromatic rings. The third kappa shape index (κ3) is 3.18. The van der Waals surface area contributed by atoms with E-state index in [1.165, 1.54) is 0 Å². The molecule has 0 aliphatic rings. The second kappa shape index (κ2) is 6.08. The molecule has 0 atom stereocenters. The third-order valence-corrected chi connectivity index (χ3v) is 2.79. The van der Waals surface area contributed by atoms with Gasteiger partial charge in [0.25, 0.3) is 5.91 Å². The Bertz CT molecular complexity index is 346. The van der Waals surface area contributed by atoms with E-state index in [0.717, 1.165) is 0 Å². The van der Waals surface area contributed by atoms with Crippen molar-refractivity contribution in [3.8, 4) is 0 Å². The van der Waals surface area contributed by atoms with Gasteiger partial charge in [0.15, 0.2) is 0 Å². The molecule has 15 heavy (non-hydrogen) atoms. The number of carbonyl (C=O) groups is 1. The molecule has 0 unspecified atom stereocenters. The topological polar surface area (TPSA) is 33.2 Å². The van der Waals surface area contributed by atoms with E-state index in [1.807, 2.05) is 6.92 Å². The Morgan fingerprint density at radius 3 is 2.93 bits per heavy atom. The van der Waals surface area contributed by atoms with E-state index in [2.05, 4.69) is 20.9 Å². The van der Waals surface area contributed by atoms with Crippen LogP contribution in [0.2, 0.25) is 0 Å². The van der Waals surface area contributed by atoms with Crippen LogP contribution in [0, 0.1) is 0 Å². The number of carbonyl (C=O) groups excluding carboxylic acids is 1. The lowest BCUT2D eigenvalue weighted by atomic mass is 10.3. The number of amides is 1. The highest BCUT2D eigenvalue weighted by molar-refractivity contribution is 9.10. The van der Waals surface area contributed by atoms with Crippen LogP contribution in [0.25, 0.3) is 0 Å². The maximum atomic E-state index is 12.0. The summed E-state index contributed by atoms with van der Waals surface area (Å²) in [7, 11) is 0. The average molecular weight is 292 g/mol. The largest absolute Gasteiger partial charge is 0.336 e. The van der Waals surface area contributed by atoms with E-state index in [1.54, 1.807) is 23.2 Å². The first-order valence-electron chi connectivity index (χ1n) is 4.66. The van der Waals surface area contributed by atoms with Crippen molar-refractivity contribution in [2.45, 2.75) is 6.92 Å². The zero-order valence-corrected chi connectivity index (χ0v) is 10.8. The zero-order chi connectivity index (χ0) is 11.3. The Kier molecular flexibility index (Phi) is 5.05. The van der Waals surface area contributed by atoms with Crippen LogP contribution in [0.3, 0.4) is 0 Å². The second-order valence-corrected chi connectivity index (χ2v) is 4.14. The van der Waals surface area contributed by atoms with Gasteiger partial charge in [-0.15, -0.1) is 11.6 Å². The molecule has 1 rings (SSSR count). The summed E-state index contributed by atoms with van der Waals surface area (Å²) in [6, 6.07) is 3.58. The van der Waals surface area contributed by atoms with Gasteiger partial charge in [0.1, 0.15) is 5.69 Å². The van der Waals surface area contributed by atoms with Gasteiger partial charge in [0, 0.05) is 29.6 Å². The van der Waals surface area contributed by atoms with Crippen molar-refractivity contribution in [2.75, 3.05) is 19.0 Å². The number of rotatable bonds is 4. The summed E-state index contributed by atoms with van der Waals surface area (Å²) >= 11 is 8.92. The Balaban J connectivity index is 2.88. The van der Waals surface area contributed by atoms with Crippen LogP contribution in [0.15, 0.2) is 22.8 Å². The van der Waals surface area contributed by atoms with Crippen LogP contribution in [0.1, 0.15) is 17.4 Å². The number of hydrogen-bond donors (Lipinski definition) is 0. The van der Waals surface area contributed by atoms with Crippen molar-refractivity contribution < 1.29 is 4.79 Å². The Labute approximate surface area is 103 Å². The van der Waals surface area contributed by atoms with Gasteiger partial charge in [-0.25, -0.2) is 4.98 Å². The first-order valence-corrected chi connectivity index (χ1v) is 5.99. The van der Waals surface area contributed by atoms with E-state index in [4.69, 9.17) is 11.6 Å². The van der Waals surface area contributed by atoms with Gasteiger partial charge < -0.3 is 4.90 Å². The van der Waals surface area contributed by atoms with E-state index >= 15 is 0 Å². The first kappa shape index (κ1) is 12.5. The molecule has 5 heteroatoms. The van der Waals surface area contributed by atoms with Crippen molar-refractivity contribution in [2.24, 2.45) is 0 Å². The summed E-state index contributed by atoms with van der Waals surface area (Å²) in [5.74, 6) is 0.343. The minimum absolute atomic E-state index is 0.0920. The number of alkyl halides is 1. The van der Waals surface area contributed by atoms with Crippen LogP contribution >= 0.6 is 27.5 Å². The lowest BCUT2D eigenvalue weighted by Crippen LogP contribution is -2.33. The van der Waals surface area contributed by atoms with Gasteiger partial charge in [-0.3, -0.25) is 4.79 Å². The first-order chi connectivity index (χ1) is 7.20. The van der Waals surface area contributed by atoms with Crippen molar-refractivity contribution in [1.82, 2.24) is 9.88 Å². The predicted octanol–water partition coefficient (Wildman–Crippen LogP) is 2.55. The average Bonchev–Trinajstić information content (AvgIpc) is 2.25. The fraction of sp³-hybridized carbons (Fsp3) is 0.400. The molecule has 0 spiro atoms. The number of nitrogens with zero attached hydrogens (tertiary/aromatic N) is 2. The summed E-state index contributed by atoms with van der Waals surface area (Å²) in [5, 5.41) is 0. The molecular weight excluding hydrogens is 279 g/mol. The van der Waals surface area contributed by atoms with Gasteiger partial charge in [-0.2, -0.15) is 0 Å². The normalized spacial score (nSPS) is 10.1. The summed E-state index contributed by atoms with van der Waals surface area (Å²) < 4.78 is 0.711. The van der Waals surface area contributed by atoms with Crippen LogP contribution < -0.4 is 0 Å². The molecule has 0 saturated heterocycles. The quantitative estimate of drug-likeness (QED) is 0.799. The summed E-state index contributed by atoms with van der Waals surface area (Å²) in [6.07, 6.45) is 1.60. The van der Waals surface area contributed by atoms with Crippen molar-refractivity contribution in [3.05, 3.63) is 28.5 Å². The molecule has 3 nitrogen and oxygen atoms in total. The number of halogens is 2. The molecular formula is C10H12BrClN2O.